The predicted molar refractivity (Wildman–Crippen MR) is 131 cm³/mol. The molecule has 1 N–H and O–H groups in total. The van der Waals surface area contributed by atoms with Gasteiger partial charge in [0.05, 0.1) is 12.2 Å². The number of rotatable bonds is 4. The van der Waals surface area contributed by atoms with Gasteiger partial charge in [0, 0.05) is 41.3 Å². The van der Waals surface area contributed by atoms with Gasteiger partial charge in [-0.3, -0.25) is 14.4 Å². The van der Waals surface area contributed by atoms with Crippen LogP contribution in [0, 0.1) is 6.92 Å². The molecule has 168 valence electrons. The van der Waals surface area contributed by atoms with Crippen molar-refractivity contribution < 1.29 is 4.79 Å². The smallest absolute Gasteiger partial charge is 0.259 e. The van der Waals surface area contributed by atoms with E-state index in [9.17, 15) is 4.79 Å². The lowest BCUT2D eigenvalue weighted by Crippen LogP contribution is -2.49. The van der Waals surface area contributed by atoms with Crippen LogP contribution in [-0.2, 0) is 7.05 Å². The molecule has 2 aromatic carbocycles. The van der Waals surface area contributed by atoms with Gasteiger partial charge in [-0.05, 0) is 67.6 Å². The Morgan fingerprint density at radius 1 is 1.21 bits per heavy atom. The second-order valence-corrected chi connectivity index (χ2v) is 8.92. The number of amides is 1. The van der Waals surface area contributed by atoms with E-state index in [1.54, 1.807) is 10.9 Å². The number of pyridine rings is 1. The topological polar surface area (TPSA) is 75.9 Å². The summed E-state index contributed by atoms with van der Waals surface area (Å²) in [5.74, 6) is 0.613. The molecular weight excluding hydrogens is 436 g/mol. The largest absolute Gasteiger partial charge is 0.315 e. The zero-order valence-electron chi connectivity index (χ0n) is 18.6. The molecule has 1 fully saturated rings. The number of nitrogens with zero attached hydrogens (tertiary/aromatic N) is 5. The van der Waals surface area contributed by atoms with Crippen molar-refractivity contribution in [2.45, 2.75) is 25.8 Å². The van der Waals surface area contributed by atoms with E-state index in [1.807, 2.05) is 67.5 Å². The zero-order valence-corrected chi connectivity index (χ0v) is 19.4. The van der Waals surface area contributed by atoms with Crippen molar-refractivity contribution in [3.63, 3.8) is 0 Å². The molecule has 0 bridgehead atoms. The van der Waals surface area contributed by atoms with E-state index in [2.05, 4.69) is 15.6 Å². The number of hydrogen-bond acceptors (Lipinski definition) is 5. The summed E-state index contributed by atoms with van der Waals surface area (Å²) in [4.78, 5) is 20.5. The Kier molecular flexibility index (Phi) is 5.83. The first kappa shape index (κ1) is 21.6. The monoisotopic (exact) mass is 460 g/mol. The van der Waals surface area contributed by atoms with E-state index in [1.165, 1.54) is 0 Å². The Morgan fingerprint density at radius 2 is 2.03 bits per heavy atom. The molecular formula is C25H25ClN6O. The van der Waals surface area contributed by atoms with E-state index in [-0.39, 0.29) is 11.9 Å². The average molecular weight is 461 g/mol. The van der Waals surface area contributed by atoms with Crippen LogP contribution in [0.3, 0.4) is 0 Å². The van der Waals surface area contributed by atoms with E-state index >= 15 is 0 Å². The summed E-state index contributed by atoms with van der Waals surface area (Å²) < 4.78 is 1.66. The highest BCUT2D eigenvalue weighted by atomic mass is 35.5. The minimum Gasteiger partial charge on any atom is -0.315 e. The van der Waals surface area contributed by atoms with Gasteiger partial charge < -0.3 is 5.32 Å². The van der Waals surface area contributed by atoms with Crippen molar-refractivity contribution in [2.24, 2.45) is 7.05 Å². The molecule has 0 spiro atoms. The molecule has 8 heteroatoms. The first-order valence-corrected chi connectivity index (χ1v) is 11.4. The number of carbonyl (C=O) groups is 1. The normalized spacial score (nSPS) is 16.2. The Labute approximate surface area is 197 Å². The summed E-state index contributed by atoms with van der Waals surface area (Å²) in [6, 6.07) is 13.3. The molecule has 3 heterocycles. The number of fused-ring (bicyclic) bond motifs is 1. The van der Waals surface area contributed by atoms with Crippen LogP contribution in [-0.4, -0.2) is 45.0 Å². The fourth-order valence-electron chi connectivity index (χ4n) is 4.53. The molecule has 1 amide bonds. The van der Waals surface area contributed by atoms with Crippen molar-refractivity contribution in [1.29, 1.82) is 0 Å². The number of anilines is 1. The van der Waals surface area contributed by atoms with Crippen LogP contribution in [0.5, 0.6) is 0 Å². The third-order valence-corrected chi connectivity index (χ3v) is 6.34. The molecule has 1 aliphatic rings. The van der Waals surface area contributed by atoms with Crippen molar-refractivity contribution in [3.05, 3.63) is 71.0 Å². The lowest BCUT2D eigenvalue weighted by atomic mass is 10.0. The van der Waals surface area contributed by atoms with Gasteiger partial charge in [0.25, 0.3) is 5.91 Å². The molecule has 7 nitrogen and oxygen atoms in total. The third kappa shape index (κ3) is 4.21. The summed E-state index contributed by atoms with van der Waals surface area (Å²) in [6.07, 6.45) is 5.53. The van der Waals surface area contributed by atoms with Gasteiger partial charge in [-0.2, -0.15) is 0 Å². The maximum Gasteiger partial charge on any atom is 0.259 e. The number of piperidine rings is 1. The number of nitrogens with one attached hydrogen (secondary N) is 1. The number of hydrogen-bond donors (Lipinski definition) is 1. The summed E-state index contributed by atoms with van der Waals surface area (Å²) in [6.45, 7) is 3.70. The zero-order chi connectivity index (χ0) is 22.9. The Bertz CT molecular complexity index is 1310. The van der Waals surface area contributed by atoms with Gasteiger partial charge >= 0.3 is 0 Å². The van der Waals surface area contributed by atoms with Gasteiger partial charge in [0.15, 0.2) is 0 Å². The summed E-state index contributed by atoms with van der Waals surface area (Å²) in [5, 5.41) is 14.2. The van der Waals surface area contributed by atoms with Crippen molar-refractivity contribution >= 4 is 34.1 Å². The van der Waals surface area contributed by atoms with Crippen LogP contribution >= 0.6 is 11.6 Å². The highest BCUT2D eigenvalue weighted by Gasteiger charge is 2.30. The van der Waals surface area contributed by atoms with E-state index in [4.69, 9.17) is 16.6 Å². The second-order valence-electron chi connectivity index (χ2n) is 8.49. The number of aromatic nitrogens is 4. The number of halogens is 1. The highest BCUT2D eigenvalue weighted by molar-refractivity contribution is 6.31. The number of benzene rings is 2. The predicted octanol–water partition coefficient (Wildman–Crippen LogP) is 4.39. The van der Waals surface area contributed by atoms with Gasteiger partial charge in [0.1, 0.15) is 11.5 Å². The second kappa shape index (κ2) is 8.92. The standard InChI is InChI=1S/C25H25ClN6O/c1-16-12-20(26)13-19-9-11-28-24(23(16)19)32(21-4-3-10-27-14-21)25(33)18-7-5-17(6-8-18)22-15-31(2)30-29-22/h5-9,11-13,15,21,27H,3-4,10,14H2,1-2H3. The van der Waals surface area contributed by atoms with Crippen molar-refractivity contribution in [2.75, 3.05) is 18.0 Å². The first-order chi connectivity index (χ1) is 16.0. The van der Waals surface area contributed by atoms with Crippen LogP contribution in [0.4, 0.5) is 5.82 Å². The fraction of sp³-hybridized carbons (Fsp3) is 0.280. The van der Waals surface area contributed by atoms with E-state index < -0.39 is 0 Å². The van der Waals surface area contributed by atoms with Gasteiger partial charge in [-0.1, -0.05) is 28.9 Å². The molecule has 0 radical (unpaired) electrons. The average Bonchev–Trinajstić information content (AvgIpc) is 3.26. The molecule has 1 aliphatic heterocycles. The van der Waals surface area contributed by atoms with Crippen molar-refractivity contribution in [3.8, 4) is 11.3 Å². The molecule has 4 aromatic rings. The molecule has 0 saturated carbocycles. The van der Waals surface area contributed by atoms with Crippen LogP contribution in [0.2, 0.25) is 5.02 Å². The van der Waals surface area contributed by atoms with Gasteiger partial charge in [-0.15, -0.1) is 5.10 Å². The fourth-order valence-corrected chi connectivity index (χ4v) is 4.81. The molecule has 5 rings (SSSR count). The molecule has 33 heavy (non-hydrogen) atoms. The molecule has 1 unspecified atom stereocenters. The number of carbonyl (C=O) groups excluding carboxylic acids is 1. The van der Waals surface area contributed by atoms with Crippen LogP contribution in [0.1, 0.15) is 28.8 Å². The van der Waals surface area contributed by atoms with Crippen LogP contribution in [0.25, 0.3) is 22.0 Å². The van der Waals surface area contributed by atoms with E-state index in [0.29, 0.717) is 16.4 Å². The quantitative estimate of drug-likeness (QED) is 0.488. The lowest BCUT2D eigenvalue weighted by Gasteiger charge is -2.35. The van der Waals surface area contributed by atoms with Crippen LogP contribution < -0.4 is 10.2 Å². The molecule has 0 aliphatic carbocycles. The molecule has 2 aromatic heterocycles. The minimum absolute atomic E-state index is 0.0131. The summed E-state index contributed by atoms with van der Waals surface area (Å²) in [5.41, 5.74) is 3.30. The molecule has 1 saturated heterocycles. The summed E-state index contributed by atoms with van der Waals surface area (Å²) >= 11 is 6.31. The minimum atomic E-state index is -0.0660. The molecule has 1 atom stereocenters. The van der Waals surface area contributed by atoms with Crippen molar-refractivity contribution in [1.82, 2.24) is 25.3 Å². The Hall–Kier alpha value is -3.29. The summed E-state index contributed by atoms with van der Waals surface area (Å²) in [7, 11) is 1.83. The van der Waals surface area contributed by atoms with Gasteiger partial charge in [-0.25, -0.2) is 4.98 Å². The highest BCUT2D eigenvalue weighted by Crippen LogP contribution is 2.33. The third-order valence-electron chi connectivity index (χ3n) is 6.12. The first-order valence-electron chi connectivity index (χ1n) is 11.1. The van der Waals surface area contributed by atoms with Gasteiger partial charge in [0.2, 0.25) is 0 Å². The Balaban J connectivity index is 1.58. The van der Waals surface area contributed by atoms with E-state index in [0.717, 1.165) is 53.5 Å². The maximum absolute atomic E-state index is 13.9. The van der Waals surface area contributed by atoms with Crippen LogP contribution in [0.15, 0.2) is 54.9 Å². The number of aryl methyl sites for hydroxylation is 2. The lowest BCUT2D eigenvalue weighted by molar-refractivity contribution is 0.0972. The SMILES string of the molecule is Cc1cc(Cl)cc2ccnc(N(C(=O)c3ccc(-c4cn(C)nn4)cc3)C3CCCNC3)c12. The maximum atomic E-state index is 13.9. The Morgan fingerprint density at radius 3 is 2.73 bits per heavy atom.